The summed E-state index contributed by atoms with van der Waals surface area (Å²) in [4.78, 5) is 11.0. The van der Waals surface area contributed by atoms with Crippen LogP contribution in [0, 0.1) is 11.8 Å². The standard InChI is InChI=1S/C10H18O2/c1-8-4-3-5-9(6-8)7-10(11)12-2/h8-9H,3-7H2,1-2H3. The van der Waals surface area contributed by atoms with Crippen molar-refractivity contribution in [1.82, 2.24) is 0 Å². The molecule has 1 aliphatic carbocycles. The average molecular weight is 170 g/mol. The average Bonchev–Trinajstić information content (AvgIpc) is 2.04. The molecule has 0 amide bonds. The summed E-state index contributed by atoms with van der Waals surface area (Å²) in [6, 6.07) is 0. The van der Waals surface area contributed by atoms with Gasteiger partial charge in [-0.1, -0.05) is 19.8 Å². The molecule has 0 aromatic heterocycles. The molecular weight excluding hydrogens is 152 g/mol. The lowest BCUT2D eigenvalue weighted by molar-refractivity contribution is -0.142. The number of hydrogen-bond acceptors (Lipinski definition) is 2. The Morgan fingerprint density at radius 2 is 2.25 bits per heavy atom. The predicted molar refractivity (Wildman–Crippen MR) is 47.8 cm³/mol. The zero-order valence-corrected chi connectivity index (χ0v) is 8.01. The molecule has 0 radical (unpaired) electrons. The van der Waals surface area contributed by atoms with Crippen molar-refractivity contribution < 1.29 is 9.53 Å². The first kappa shape index (κ1) is 9.56. The molecule has 12 heavy (non-hydrogen) atoms. The van der Waals surface area contributed by atoms with Crippen molar-refractivity contribution in [2.24, 2.45) is 11.8 Å². The third-order valence-electron chi connectivity index (χ3n) is 2.73. The van der Waals surface area contributed by atoms with Gasteiger partial charge in [-0.2, -0.15) is 0 Å². The van der Waals surface area contributed by atoms with Crippen molar-refractivity contribution in [2.75, 3.05) is 7.11 Å². The first-order chi connectivity index (χ1) is 5.72. The van der Waals surface area contributed by atoms with Crippen molar-refractivity contribution in [3.63, 3.8) is 0 Å². The van der Waals surface area contributed by atoms with Gasteiger partial charge in [-0.25, -0.2) is 0 Å². The summed E-state index contributed by atoms with van der Waals surface area (Å²) in [6.07, 6.45) is 5.65. The van der Waals surface area contributed by atoms with Crippen molar-refractivity contribution in [3.8, 4) is 0 Å². The number of ether oxygens (including phenoxy) is 1. The molecule has 2 atom stereocenters. The minimum absolute atomic E-state index is 0.0471. The van der Waals surface area contributed by atoms with Crippen LogP contribution in [0.4, 0.5) is 0 Å². The number of carbonyl (C=O) groups excluding carboxylic acids is 1. The Labute approximate surface area is 74.3 Å². The Bertz CT molecular complexity index is 154. The highest BCUT2D eigenvalue weighted by Gasteiger charge is 2.21. The van der Waals surface area contributed by atoms with E-state index in [2.05, 4.69) is 11.7 Å². The summed E-state index contributed by atoms with van der Waals surface area (Å²) in [5.41, 5.74) is 0. The van der Waals surface area contributed by atoms with Gasteiger partial charge in [-0.15, -0.1) is 0 Å². The van der Waals surface area contributed by atoms with Gasteiger partial charge in [0.25, 0.3) is 0 Å². The zero-order chi connectivity index (χ0) is 8.97. The highest BCUT2D eigenvalue weighted by Crippen LogP contribution is 2.30. The van der Waals surface area contributed by atoms with E-state index < -0.39 is 0 Å². The lowest BCUT2D eigenvalue weighted by Crippen LogP contribution is -2.17. The Morgan fingerprint density at radius 3 is 2.83 bits per heavy atom. The van der Waals surface area contributed by atoms with Crippen molar-refractivity contribution >= 4 is 5.97 Å². The zero-order valence-electron chi connectivity index (χ0n) is 8.01. The minimum Gasteiger partial charge on any atom is -0.469 e. The van der Waals surface area contributed by atoms with Gasteiger partial charge in [0.2, 0.25) is 0 Å². The van der Waals surface area contributed by atoms with Crippen LogP contribution < -0.4 is 0 Å². The second-order valence-corrected chi connectivity index (χ2v) is 3.92. The highest BCUT2D eigenvalue weighted by molar-refractivity contribution is 5.69. The van der Waals surface area contributed by atoms with Crippen LogP contribution in [0.3, 0.4) is 0 Å². The Kier molecular flexibility index (Phi) is 3.57. The summed E-state index contributed by atoms with van der Waals surface area (Å²) >= 11 is 0. The Balaban J connectivity index is 2.27. The van der Waals surface area contributed by atoms with E-state index in [1.54, 1.807) is 0 Å². The van der Waals surface area contributed by atoms with E-state index in [1.165, 1.54) is 32.8 Å². The van der Waals surface area contributed by atoms with E-state index in [4.69, 9.17) is 0 Å². The van der Waals surface area contributed by atoms with Gasteiger partial charge in [-0.05, 0) is 24.7 Å². The molecule has 0 spiro atoms. The number of esters is 1. The molecule has 0 bridgehead atoms. The second-order valence-electron chi connectivity index (χ2n) is 3.92. The molecule has 70 valence electrons. The third-order valence-corrected chi connectivity index (χ3v) is 2.73. The predicted octanol–water partition coefficient (Wildman–Crippen LogP) is 2.38. The molecule has 1 rings (SSSR count). The van der Waals surface area contributed by atoms with Gasteiger partial charge in [0.15, 0.2) is 0 Å². The van der Waals surface area contributed by atoms with Crippen LogP contribution in [0.15, 0.2) is 0 Å². The fraction of sp³-hybridized carbons (Fsp3) is 0.900. The largest absolute Gasteiger partial charge is 0.469 e. The van der Waals surface area contributed by atoms with E-state index in [0.29, 0.717) is 12.3 Å². The Hall–Kier alpha value is -0.530. The molecule has 2 heteroatoms. The maximum atomic E-state index is 11.0. The van der Waals surface area contributed by atoms with E-state index in [0.717, 1.165) is 5.92 Å². The maximum absolute atomic E-state index is 11.0. The number of rotatable bonds is 2. The van der Waals surface area contributed by atoms with Crippen LogP contribution in [-0.2, 0) is 9.53 Å². The summed E-state index contributed by atoms with van der Waals surface area (Å²) in [5, 5.41) is 0. The smallest absolute Gasteiger partial charge is 0.305 e. The molecule has 1 aliphatic rings. The van der Waals surface area contributed by atoms with Crippen molar-refractivity contribution in [2.45, 2.75) is 39.0 Å². The van der Waals surface area contributed by atoms with Gasteiger partial charge in [0, 0.05) is 6.42 Å². The molecule has 2 nitrogen and oxygen atoms in total. The van der Waals surface area contributed by atoms with Gasteiger partial charge in [0.05, 0.1) is 7.11 Å². The summed E-state index contributed by atoms with van der Waals surface area (Å²) < 4.78 is 4.65. The molecule has 1 fully saturated rings. The molecular formula is C10H18O2. The van der Waals surface area contributed by atoms with Crippen LogP contribution in [0.5, 0.6) is 0 Å². The van der Waals surface area contributed by atoms with Crippen LogP contribution >= 0.6 is 0 Å². The topological polar surface area (TPSA) is 26.3 Å². The number of hydrogen-bond donors (Lipinski definition) is 0. The highest BCUT2D eigenvalue weighted by atomic mass is 16.5. The summed E-state index contributed by atoms with van der Waals surface area (Å²) in [6.45, 7) is 2.27. The van der Waals surface area contributed by atoms with Crippen LogP contribution in [-0.4, -0.2) is 13.1 Å². The third kappa shape index (κ3) is 2.84. The molecule has 1 saturated carbocycles. The monoisotopic (exact) mass is 170 g/mol. The summed E-state index contributed by atoms with van der Waals surface area (Å²) in [5.74, 6) is 1.34. The second kappa shape index (κ2) is 4.48. The fourth-order valence-electron chi connectivity index (χ4n) is 2.06. The molecule has 0 N–H and O–H groups in total. The van der Waals surface area contributed by atoms with Crippen LogP contribution in [0.1, 0.15) is 39.0 Å². The molecule has 0 heterocycles. The first-order valence-corrected chi connectivity index (χ1v) is 4.79. The van der Waals surface area contributed by atoms with Gasteiger partial charge in [0.1, 0.15) is 0 Å². The SMILES string of the molecule is COC(=O)CC1CCCC(C)C1. The maximum Gasteiger partial charge on any atom is 0.305 e. The van der Waals surface area contributed by atoms with Crippen molar-refractivity contribution in [1.29, 1.82) is 0 Å². The fourth-order valence-corrected chi connectivity index (χ4v) is 2.06. The van der Waals surface area contributed by atoms with Gasteiger partial charge >= 0.3 is 5.97 Å². The normalized spacial score (nSPS) is 29.8. The number of methoxy groups -OCH3 is 1. The summed E-state index contributed by atoms with van der Waals surface area (Å²) in [7, 11) is 1.47. The van der Waals surface area contributed by atoms with E-state index in [-0.39, 0.29) is 5.97 Å². The minimum atomic E-state index is -0.0471. The van der Waals surface area contributed by atoms with Crippen molar-refractivity contribution in [3.05, 3.63) is 0 Å². The molecule has 0 saturated heterocycles. The van der Waals surface area contributed by atoms with E-state index >= 15 is 0 Å². The molecule has 0 aromatic rings. The lowest BCUT2D eigenvalue weighted by atomic mass is 9.81. The molecule has 0 aliphatic heterocycles. The van der Waals surface area contributed by atoms with E-state index in [9.17, 15) is 4.79 Å². The van der Waals surface area contributed by atoms with Gasteiger partial charge < -0.3 is 4.74 Å². The lowest BCUT2D eigenvalue weighted by Gasteiger charge is -2.25. The quantitative estimate of drug-likeness (QED) is 0.595. The molecule has 0 aromatic carbocycles. The number of carbonyl (C=O) groups is 1. The first-order valence-electron chi connectivity index (χ1n) is 4.79. The molecule has 2 unspecified atom stereocenters. The van der Waals surface area contributed by atoms with Crippen LogP contribution in [0.2, 0.25) is 0 Å². The van der Waals surface area contributed by atoms with Crippen LogP contribution in [0.25, 0.3) is 0 Å². The van der Waals surface area contributed by atoms with E-state index in [1.807, 2.05) is 0 Å². The Morgan fingerprint density at radius 1 is 1.50 bits per heavy atom. The van der Waals surface area contributed by atoms with Gasteiger partial charge in [-0.3, -0.25) is 4.79 Å².